The second-order valence-electron chi connectivity index (χ2n) is 4.66. The number of likely N-dealkylation sites (tertiary alicyclic amines) is 1. The molecule has 0 saturated carbocycles. The first-order valence-electron chi connectivity index (χ1n) is 6.51. The van der Waals surface area contributed by atoms with E-state index in [2.05, 4.69) is 9.80 Å². The number of carbonyl (C=O) groups excluding carboxylic acids is 1. The lowest BCUT2D eigenvalue weighted by Crippen LogP contribution is -2.43. The lowest BCUT2D eigenvalue weighted by molar-refractivity contribution is -0.149. The van der Waals surface area contributed by atoms with Crippen molar-refractivity contribution in [3.05, 3.63) is 0 Å². The van der Waals surface area contributed by atoms with Crippen LogP contribution in [0.25, 0.3) is 0 Å². The average Bonchev–Trinajstić information content (AvgIpc) is 2.76. The van der Waals surface area contributed by atoms with Crippen molar-refractivity contribution in [2.24, 2.45) is 5.92 Å². The summed E-state index contributed by atoms with van der Waals surface area (Å²) in [5, 5.41) is 0. The minimum Gasteiger partial charge on any atom is -0.466 e. The Kier molecular flexibility index (Phi) is 5.26. The Morgan fingerprint density at radius 1 is 1.44 bits per heavy atom. The van der Waals surface area contributed by atoms with Gasteiger partial charge in [-0.1, -0.05) is 24.0 Å². The zero-order valence-corrected chi connectivity index (χ0v) is 12.4. The number of thiocarbonyl (C=S) groups is 1. The van der Waals surface area contributed by atoms with Gasteiger partial charge in [-0.15, -0.1) is 0 Å². The highest BCUT2D eigenvalue weighted by molar-refractivity contribution is 8.23. The topological polar surface area (TPSA) is 32.8 Å². The predicted octanol–water partition coefficient (Wildman–Crippen LogP) is 1.55. The first-order chi connectivity index (χ1) is 8.70. The van der Waals surface area contributed by atoms with Crippen LogP contribution in [0.4, 0.5) is 0 Å². The molecule has 2 heterocycles. The summed E-state index contributed by atoms with van der Waals surface area (Å²) in [6.07, 6.45) is 1.82. The van der Waals surface area contributed by atoms with Gasteiger partial charge >= 0.3 is 5.97 Å². The van der Waals surface area contributed by atoms with Crippen LogP contribution in [0.2, 0.25) is 0 Å². The molecule has 2 rings (SSSR count). The van der Waals surface area contributed by atoms with Gasteiger partial charge in [0.25, 0.3) is 0 Å². The second-order valence-corrected chi connectivity index (χ2v) is 6.39. The molecule has 18 heavy (non-hydrogen) atoms. The molecule has 0 amide bonds. The number of esters is 1. The molecule has 0 atom stereocenters. The molecule has 0 aromatic carbocycles. The molecular formula is C12H20N2O2S2. The number of rotatable bonds is 4. The fraction of sp³-hybridized carbons (Fsp3) is 0.833. The first kappa shape index (κ1) is 14.1. The Morgan fingerprint density at radius 3 is 2.72 bits per heavy atom. The van der Waals surface area contributed by atoms with Gasteiger partial charge in [0.1, 0.15) is 4.32 Å². The van der Waals surface area contributed by atoms with Gasteiger partial charge in [0.05, 0.1) is 19.2 Å². The molecule has 6 heteroatoms. The van der Waals surface area contributed by atoms with Crippen LogP contribution in [-0.2, 0) is 9.53 Å². The number of carbonyl (C=O) groups is 1. The standard InChI is InChI=1S/C12H20N2O2S2/c1-2-16-11(15)10-3-5-13(6-4-10)9-14-7-8-18-12(14)17/h10H,2-9H2,1H3. The summed E-state index contributed by atoms with van der Waals surface area (Å²) >= 11 is 7.06. The molecule has 102 valence electrons. The maximum atomic E-state index is 11.6. The van der Waals surface area contributed by atoms with Crippen LogP contribution in [0.3, 0.4) is 0 Å². The molecule has 4 nitrogen and oxygen atoms in total. The smallest absolute Gasteiger partial charge is 0.309 e. The second kappa shape index (κ2) is 6.73. The number of hydrogen-bond acceptors (Lipinski definition) is 5. The van der Waals surface area contributed by atoms with Gasteiger partial charge in [-0.25, -0.2) is 0 Å². The highest BCUT2D eigenvalue weighted by Crippen LogP contribution is 2.22. The van der Waals surface area contributed by atoms with Crippen LogP contribution in [-0.4, -0.2) is 58.8 Å². The van der Waals surface area contributed by atoms with Crippen LogP contribution >= 0.6 is 24.0 Å². The van der Waals surface area contributed by atoms with Crippen molar-refractivity contribution in [2.75, 3.05) is 38.7 Å². The van der Waals surface area contributed by atoms with Gasteiger partial charge < -0.3 is 9.64 Å². The van der Waals surface area contributed by atoms with E-state index in [1.807, 2.05) is 6.92 Å². The summed E-state index contributed by atoms with van der Waals surface area (Å²) in [5.41, 5.74) is 0. The maximum Gasteiger partial charge on any atom is 0.309 e. The summed E-state index contributed by atoms with van der Waals surface area (Å²) in [4.78, 5) is 16.3. The minimum atomic E-state index is -0.0237. The van der Waals surface area contributed by atoms with Crippen molar-refractivity contribution in [3.63, 3.8) is 0 Å². The maximum absolute atomic E-state index is 11.6. The van der Waals surface area contributed by atoms with Gasteiger partial charge in [-0.2, -0.15) is 0 Å². The summed E-state index contributed by atoms with van der Waals surface area (Å²) < 4.78 is 6.09. The third kappa shape index (κ3) is 3.59. The Labute approximate surface area is 118 Å². The van der Waals surface area contributed by atoms with E-state index in [9.17, 15) is 4.79 Å². The molecule has 2 saturated heterocycles. The summed E-state index contributed by atoms with van der Waals surface area (Å²) in [7, 11) is 0. The molecule has 2 fully saturated rings. The van der Waals surface area contributed by atoms with E-state index in [0.717, 1.165) is 49.2 Å². The van der Waals surface area contributed by atoms with Crippen molar-refractivity contribution < 1.29 is 9.53 Å². The summed E-state index contributed by atoms with van der Waals surface area (Å²) in [6.45, 7) is 6.25. The van der Waals surface area contributed by atoms with Crippen molar-refractivity contribution in [1.29, 1.82) is 0 Å². The number of ether oxygens (including phenoxy) is 1. The third-order valence-electron chi connectivity index (χ3n) is 3.42. The monoisotopic (exact) mass is 288 g/mol. The Bertz CT molecular complexity index is 317. The lowest BCUT2D eigenvalue weighted by atomic mass is 9.97. The molecule has 0 aromatic heterocycles. The van der Waals surface area contributed by atoms with Crippen LogP contribution < -0.4 is 0 Å². The number of nitrogens with zero attached hydrogens (tertiary/aromatic N) is 2. The lowest BCUT2D eigenvalue weighted by Gasteiger charge is -2.33. The van der Waals surface area contributed by atoms with E-state index in [-0.39, 0.29) is 11.9 Å². The van der Waals surface area contributed by atoms with Gasteiger partial charge in [0.2, 0.25) is 0 Å². The van der Waals surface area contributed by atoms with E-state index >= 15 is 0 Å². The quantitative estimate of drug-likeness (QED) is 0.576. The predicted molar refractivity (Wildman–Crippen MR) is 77.6 cm³/mol. The zero-order chi connectivity index (χ0) is 13.0. The van der Waals surface area contributed by atoms with Gasteiger partial charge in [-0.05, 0) is 19.8 Å². The molecule has 0 aromatic rings. The molecule has 0 aliphatic carbocycles. The Balaban J connectivity index is 1.73. The molecular weight excluding hydrogens is 268 g/mol. The van der Waals surface area contributed by atoms with Crippen molar-refractivity contribution in [3.8, 4) is 0 Å². The van der Waals surface area contributed by atoms with Gasteiger partial charge in [-0.3, -0.25) is 9.69 Å². The number of thioether (sulfide) groups is 1. The van der Waals surface area contributed by atoms with Crippen LogP contribution in [0.15, 0.2) is 0 Å². The van der Waals surface area contributed by atoms with Crippen molar-refractivity contribution in [1.82, 2.24) is 9.80 Å². The molecule has 0 spiro atoms. The van der Waals surface area contributed by atoms with Crippen molar-refractivity contribution in [2.45, 2.75) is 19.8 Å². The molecule has 0 bridgehead atoms. The number of piperidine rings is 1. The largest absolute Gasteiger partial charge is 0.466 e. The van der Waals surface area contributed by atoms with Crippen molar-refractivity contribution >= 4 is 34.3 Å². The highest BCUT2D eigenvalue weighted by atomic mass is 32.2. The van der Waals surface area contributed by atoms with E-state index in [4.69, 9.17) is 17.0 Å². The first-order valence-corrected chi connectivity index (χ1v) is 7.90. The molecule has 0 radical (unpaired) electrons. The Hall–Kier alpha value is -0.330. The summed E-state index contributed by atoms with van der Waals surface area (Å²) in [5.74, 6) is 1.18. The van der Waals surface area contributed by atoms with E-state index < -0.39 is 0 Å². The highest BCUT2D eigenvalue weighted by Gasteiger charge is 2.28. The van der Waals surface area contributed by atoms with Crippen LogP contribution in [0.5, 0.6) is 0 Å². The third-order valence-corrected chi connectivity index (χ3v) is 4.93. The molecule has 2 aliphatic heterocycles. The zero-order valence-electron chi connectivity index (χ0n) is 10.8. The van der Waals surface area contributed by atoms with Gasteiger partial charge in [0, 0.05) is 25.4 Å². The van der Waals surface area contributed by atoms with Crippen LogP contribution in [0, 0.1) is 5.92 Å². The van der Waals surface area contributed by atoms with E-state index in [0.29, 0.717) is 6.61 Å². The number of hydrogen-bond donors (Lipinski definition) is 0. The SMILES string of the molecule is CCOC(=O)C1CCN(CN2CCSC2=S)CC1. The average molecular weight is 288 g/mol. The van der Waals surface area contributed by atoms with E-state index in [1.165, 1.54) is 0 Å². The van der Waals surface area contributed by atoms with Crippen LogP contribution in [0.1, 0.15) is 19.8 Å². The summed E-state index contributed by atoms with van der Waals surface area (Å²) in [6, 6.07) is 0. The molecule has 0 unspecified atom stereocenters. The fourth-order valence-electron chi connectivity index (χ4n) is 2.37. The molecule has 0 N–H and O–H groups in total. The van der Waals surface area contributed by atoms with E-state index in [1.54, 1.807) is 11.8 Å². The van der Waals surface area contributed by atoms with Gasteiger partial charge in [0.15, 0.2) is 0 Å². The fourth-order valence-corrected chi connectivity index (χ4v) is 3.58. The minimum absolute atomic E-state index is 0.0237. The molecule has 2 aliphatic rings. The normalized spacial score (nSPS) is 22.5. The Morgan fingerprint density at radius 2 is 2.17 bits per heavy atom.